The van der Waals surface area contributed by atoms with Crippen LogP contribution in [0.2, 0.25) is 0 Å². The number of hydrogen-bond acceptors (Lipinski definition) is 7. The fourth-order valence-electron chi connectivity index (χ4n) is 8.72. The highest BCUT2D eigenvalue weighted by Crippen LogP contribution is 2.67. The van der Waals surface area contributed by atoms with Gasteiger partial charge in [-0.3, -0.25) is 14.5 Å². The summed E-state index contributed by atoms with van der Waals surface area (Å²) in [5, 5.41) is 25.9. The molecule has 0 radical (unpaired) electrons. The molecule has 1 spiro atoms. The smallest absolute Gasteiger partial charge is 0.303 e. The van der Waals surface area contributed by atoms with Crippen LogP contribution in [0, 0.1) is 11.3 Å². The van der Waals surface area contributed by atoms with Crippen LogP contribution in [0.1, 0.15) is 57.1 Å². The van der Waals surface area contributed by atoms with Gasteiger partial charge in [0.05, 0.1) is 19.2 Å². The first-order valence-electron chi connectivity index (χ1n) is 13.8. The minimum atomic E-state index is -1.54. The van der Waals surface area contributed by atoms with Crippen molar-refractivity contribution in [1.29, 1.82) is 0 Å². The van der Waals surface area contributed by atoms with Crippen molar-refractivity contribution in [3.8, 4) is 0 Å². The predicted octanol–water partition coefficient (Wildman–Crippen LogP) is 1.87. The number of nitrogens with one attached hydrogen (secondary N) is 1. The molecule has 1 unspecified atom stereocenters. The lowest BCUT2D eigenvalue weighted by Crippen LogP contribution is -2.81. The average Bonchev–Trinajstić information content (AvgIpc) is 3.36. The summed E-state index contributed by atoms with van der Waals surface area (Å²) in [5.41, 5.74) is 0.394. The number of esters is 1. The second-order valence-electron chi connectivity index (χ2n) is 11.9. The molecule has 8 heteroatoms. The maximum Gasteiger partial charge on any atom is 0.303 e. The molecule has 6 atom stereocenters. The number of fused-ring (bicyclic) bond motifs is 1. The number of carbonyl (C=O) groups is 2. The SMILES string of the molecule is CC[C@]12C=CCN3CC[C@@]4(c5ccc(CO)cc5N(C)[C@H]4C(O)(CNC(=O)C4CCC4)[C@@H]1OC(C)=O)[C@@H]32. The third-order valence-corrected chi connectivity index (χ3v) is 10.3. The van der Waals surface area contributed by atoms with E-state index >= 15 is 0 Å². The fourth-order valence-corrected chi connectivity index (χ4v) is 8.72. The van der Waals surface area contributed by atoms with E-state index in [0.717, 1.165) is 50.0 Å². The van der Waals surface area contributed by atoms with Crippen LogP contribution in [0.15, 0.2) is 30.4 Å². The summed E-state index contributed by atoms with van der Waals surface area (Å²) in [4.78, 5) is 30.2. The Bertz CT molecular complexity index is 1150. The molecular weight excluding hydrogens is 470 g/mol. The minimum absolute atomic E-state index is 0.0108. The molecule has 0 aromatic heterocycles. The lowest BCUT2D eigenvalue weighted by atomic mass is 9.47. The number of hydrogen-bond donors (Lipinski definition) is 3. The molecule has 3 heterocycles. The maximum atomic E-state index is 13.0. The molecule has 3 fully saturated rings. The van der Waals surface area contributed by atoms with Crippen molar-refractivity contribution >= 4 is 17.6 Å². The number of rotatable bonds is 6. The van der Waals surface area contributed by atoms with Crippen LogP contribution in [-0.4, -0.2) is 77.5 Å². The van der Waals surface area contributed by atoms with Gasteiger partial charge in [-0.15, -0.1) is 0 Å². The Morgan fingerprint density at radius 1 is 1.24 bits per heavy atom. The fraction of sp³-hybridized carbons (Fsp3) is 0.655. The van der Waals surface area contributed by atoms with Gasteiger partial charge in [-0.2, -0.15) is 0 Å². The molecule has 8 nitrogen and oxygen atoms in total. The van der Waals surface area contributed by atoms with Crippen LogP contribution in [0.25, 0.3) is 0 Å². The van der Waals surface area contributed by atoms with Gasteiger partial charge in [-0.25, -0.2) is 0 Å². The van der Waals surface area contributed by atoms with E-state index in [2.05, 4.69) is 40.3 Å². The Morgan fingerprint density at radius 3 is 2.68 bits per heavy atom. The second kappa shape index (κ2) is 8.55. The Kier molecular flexibility index (Phi) is 5.75. The first kappa shape index (κ1) is 24.9. The summed E-state index contributed by atoms with van der Waals surface area (Å²) in [6, 6.07) is 5.73. The van der Waals surface area contributed by atoms with E-state index in [9.17, 15) is 19.8 Å². The first-order chi connectivity index (χ1) is 17.7. The van der Waals surface area contributed by atoms with Gasteiger partial charge in [0.1, 0.15) is 11.7 Å². The van der Waals surface area contributed by atoms with E-state index < -0.39 is 34.5 Å². The molecule has 5 aliphatic rings. The minimum Gasteiger partial charge on any atom is -0.458 e. The van der Waals surface area contributed by atoms with E-state index in [-0.39, 0.29) is 31.0 Å². The molecule has 200 valence electrons. The molecular formula is C29H39N3O5. The highest BCUT2D eigenvalue weighted by molar-refractivity contribution is 5.79. The molecule has 1 saturated heterocycles. The van der Waals surface area contributed by atoms with Gasteiger partial charge < -0.3 is 25.2 Å². The van der Waals surface area contributed by atoms with Crippen LogP contribution >= 0.6 is 0 Å². The van der Waals surface area contributed by atoms with E-state index in [4.69, 9.17) is 4.74 Å². The Morgan fingerprint density at radius 2 is 2.03 bits per heavy atom. The summed E-state index contributed by atoms with van der Waals surface area (Å²) in [5.74, 6) is -0.474. The van der Waals surface area contributed by atoms with Crippen molar-refractivity contribution in [2.45, 2.75) is 81.8 Å². The second-order valence-corrected chi connectivity index (χ2v) is 11.9. The molecule has 0 bridgehead atoms. The van der Waals surface area contributed by atoms with Crippen LogP contribution in [-0.2, 0) is 26.3 Å². The molecule has 3 aliphatic heterocycles. The number of aliphatic hydroxyl groups excluding tert-OH is 1. The predicted molar refractivity (Wildman–Crippen MR) is 139 cm³/mol. The van der Waals surface area contributed by atoms with Gasteiger partial charge in [0, 0.05) is 49.0 Å². The zero-order valence-electron chi connectivity index (χ0n) is 22.1. The van der Waals surface area contributed by atoms with Gasteiger partial charge >= 0.3 is 5.97 Å². The topological polar surface area (TPSA) is 102 Å². The number of amides is 1. The molecule has 1 aromatic carbocycles. The molecule has 6 rings (SSSR count). The number of aliphatic hydroxyl groups is 2. The van der Waals surface area contributed by atoms with Crippen molar-refractivity contribution in [2.24, 2.45) is 11.3 Å². The van der Waals surface area contributed by atoms with Gasteiger partial charge in [0.2, 0.25) is 5.91 Å². The lowest BCUT2D eigenvalue weighted by Gasteiger charge is -2.64. The third-order valence-electron chi connectivity index (χ3n) is 10.3. The Hall–Kier alpha value is -2.42. The van der Waals surface area contributed by atoms with Crippen LogP contribution < -0.4 is 10.2 Å². The summed E-state index contributed by atoms with van der Waals surface area (Å²) < 4.78 is 6.14. The summed E-state index contributed by atoms with van der Waals surface area (Å²) in [7, 11) is 1.99. The van der Waals surface area contributed by atoms with Crippen molar-refractivity contribution < 1.29 is 24.5 Å². The lowest BCUT2D eigenvalue weighted by molar-refractivity contribution is -0.217. The molecule has 1 aromatic rings. The summed E-state index contributed by atoms with van der Waals surface area (Å²) in [6.07, 6.45) is 7.84. The van der Waals surface area contributed by atoms with Crippen molar-refractivity contribution in [2.75, 3.05) is 31.6 Å². The summed E-state index contributed by atoms with van der Waals surface area (Å²) >= 11 is 0. The van der Waals surface area contributed by atoms with E-state index in [1.165, 1.54) is 12.5 Å². The number of nitrogens with zero attached hydrogens (tertiary/aromatic N) is 2. The van der Waals surface area contributed by atoms with Gasteiger partial charge in [-0.1, -0.05) is 37.6 Å². The molecule has 1 amide bonds. The molecule has 2 aliphatic carbocycles. The standard InChI is InChI=1S/C29H39N3O5/c1-4-27-11-6-13-32-14-12-28(24(27)32)21-10-9-19(16-33)15-22(21)31(3)25(28)29(36,26(27)37-18(2)34)17-30-23(35)20-7-5-8-20/h6,9-11,15,20,24-26,33,36H,4-5,7-8,12-14,16-17H2,1-3H3,(H,30,35)/t24-,25+,26+,27+,28+,29?/m0/s1. The Balaban J connectivity index is 1.56. The number of anilines is 1. The third kappa shape index (κ3) is 3.18. The normalized spacial score (nSPS) is 38.0. The van der Waals surface area contributed by atoms with Crippen LogP contribution in [0.3, 0.4) is 0 Å². The van der Waals surface area contributed by atoms with Crippen molar-refractivity contribution in [3.05, 3.63) is 41.5 Å². The first-order valence-corrected chi connectivity index (χ1v) is 13.8. The maximum absolute atomic E-state index is 13.0. The van der Waals surface area contributed by atoms with Gasteiger partial charge in [0.15, 0.2) is 0 Å². The van der Waals surface area contributed by atoms with Crippen molar-refractivity contribution in [3.63, 3.8) is 0 Å². The van der Waals surface area contributed by atoms with E-state index in [1.807, 2.05) is 19.2 Å². The zero-order chi connectivity index (χ0) is 26.2. The highest BCUT2D eigenvalue weighted by atomic mass is 16.6. The monoisotopic (exact) mass is 509 g/mol. The number of carbonyl (C=O) groups excluding carboxylic acids is 2. The average molecular weight is 510 g/mol. The van der Waals surface area contributed by atoms with E-state index in [0.29, 0.717) is 6.42 Å². The number of benzene rings is 1. The van der Waals surface area contributed by atoms with Gasteiger partial charge in [-0.05, 0) is 49.4 Å². The highest BCUT2D eigenvalue weighted by Gasteiger charge is 2.77. The van der Waals surface area contributed by atoms with E-state index in [1.54, 1.807) is 0 Å². The largest absolute Gasteiger partial charge is 0.458 e. The Labute approximate surface area is 218 Å². The molecule has 2 saturated carbocycles. The van der Waals surface area contributed by atoms with Gasteiger partial charge in [0.25, 0.3) is 0 Å². The van der Waals surface area contributed by atoms with Crippen molar-refractivity contribution in [1.82, 2.24) is 10.2 Å². The number of ether oxygens (including phenoxy) is 1. The molecule has 37 heavy (non-hydrogen) atoms. The molecule has 3 N–H and O–H groups in total. The quantitative estimate of drug-likeness (QED) is 0.398. The summed E-state index contributed by atoms with van der Waals surface area (Å²) in [6.45, 7) is 5.16. The van der Waals surface area contributed by atoms with Crippen LogP contribution in [0.5, 0.6) is 0 Å². The van der Waals surface area contributed by atoms with Crippen LogP contribution in [0.4, 0.5) is 5.69 Å². The zero-order valence-corrected chi connectivity index (χ0v) is 22.1. The number of likely N-dealkylation sites (N-methyl/N-ethyl adjacent to an activating group) is 1.